The van der Waals surface area contributed by atoms with Gasteiger partial charge in [-0.2, -0.15) is 0 Å². The standard InChI is InChI=1S/C15H11ClFN3O5/c16-12-7-10(17)4-5-13(12)25-8-14(21)18-19-15(22)9-2-1-3-11(6-9)20(23)24/h1-7H,8H2,(H,18,21)(H,19,22). The number of amides is 2. The van der Waals surface area contributed by atoms with Crippen LogP contribution in [0.2, 0.25) is 5.02 Å². The van der Waals surface area contributed by atoms with Crippen LogP contribution < -0.4 is 15.6 Å². The number of carbonyl (C=O) groups excluding carboxylic acids is 2. The molecule has 25 heavy (non-hydrogen) atoms. The molecule has 130 valence electrons. The number of hydrazine groups is 1. The summed E-state index contributed by atoms with van der Waals surface area (Å²) in [7, 11) is 0. The van der Waals surface area contributed by atoms with Crippen LogP contribution in [0, 0.1) is 15.9 Å². The number of nitrogens with one attached hydrogen (secondary N) is 2. The number of nitro groups is 1. The van der Waals surface area contributed by atoms with Crippen molar-refractivity contribution in [1.29, 1.82) is 0 Å². The van der Waals surface area contributed by atoms with E-state index in [1.54, 1.807) is 0 Å². The van der Waals surface area contributed by atoms with Crippen LogP contribution in [0.25, 0.3) is 0 Å². The van der Waals surface area contributed by atoms with Gasteiger partial charge in [-0.1, -0.05) is 17.7 Å². The Labute approximate surface area is 145 Å². The van der Waals surface area contributed by atoms with Gasteiger partial charge >= 0.3 is 0 Å². The van der Waals surface area contributed by atoms with Crippen molar-refractivity contribution in [1.82, 2.24) is 10.9 Å². The molecule has 2 aromatic carbocycles. The Morgan fingerprint density at radius 2 is 1.96 bits per heavy atom. The molecule has 0 bridgehead atoms. The molecule has 0 heterocycles. The van der Waals surface area contributed by atoms with Gasteiger partial charge in [0.1, 0.15) is 11.6 Å². The van der Waals surface area contributed by atoms with E-state index in [1.165, 1.54) is 24.3 Å². The highest BCUT2D eigenvalue weighted by Crippen LogP contribution is 2.24. The summed E-state index contributed by atoms with van der Waals surface area (Å²) in [4.78, 5) is 33.5. The first kappa shape index (κ1) is 18.1. The summed E-state index contributed by atoms with van der Waals surface area (Å²) >= 11 is 5.74. The molecule has 0 fully saturated rings. The molecule has 0 aliphatic carbocycles. The van der Waals surface area contributed by atoms with Crippen molar-refractivity contribution in [2.75, 3.05) is 6.61 Å². The van der Waals surface area contributed by atoms with Crippen LogP contribution in [-0.2, 0) is 4.79 Å². The SMILES string of the molecule is O=C(COc1ccc(F)cc1Cl)NNC(=O)c1cccc([N+](=O)[O-])c1. The van der Waals surface area contributed by atoms with Gasteiger partial charge in [-0.05, 0) is 24.3 Å². The molecule has 8 nitrogen and oxygen atoms in total. The Morgan fingerprint density at radius 3 is 2.64 bits per heavy atom. The minimum absolute atomic E-state index is 0.00278. The molecular weight excluding hydrogens is 357 g/mol. The van der Waals surface area contributed by atoms with Crippen molar-refractivity contribution in [2.24, 2.45) is 0 Å². The largest absolute Gasteiger partial charge is 0.482 e. The smallest absolute Gasteiger partial charge is 0.276 e. The van der Waals surface area contributed by atoms with Crippen LogP contribution in [-0.4, -0.2) is 23.3 Å². The summed E-state index contributed by atoms with van der Waals surface area (Å²) in [6.07, 6.45) is 0. The van der Waals surface area contributed by atoms with E-state index < -0.39 is 29.2 Å². The molecule has 2 N–H and O–H groups in total. The van der Waals surface area contributed by atoms with Crippen molar-refractivity contribution >= 4 is 29.1 Å². The number of halogens is 2. The minimum atomic E-state index is -0.739. The Balaban J connectivity index is 1.86. The van der Waals surface area contributed by atoms with Crippen molar-refractivity contribution in [3.63, 3.8) is 0 Å². The zero-order valence-corrected chi connectivity index (χ0v) is 13.2. The minimum Gasteiger partial charge on any atom is -0.482 e. The number of benzene rings is 2. The van der Waals surface area contributed by atoms with Gasteiger partial charge in [0.05, 0.1) is 9.95 Å². The molecule has 0 aliphatic rings. The third-order valence-electron chi connectivity index (χ3n) is 2.89. The lowest BCUT2D eigenvalue weighted by Crippen LogP contribution is -2.43. The third-order valence-corrected chi connectivity index (χ3v) is 3.18. The third kappa shape index (κ3) is 5.15. The fourth-order valence-corrected chi connectivity index (χ4v) is 1.95. The Bertz CT molecular complexity index is 831. The second-order valence-electron chi connectivity index (χ2n) is 4.67. The number of non-ortho nitro benzene ring substituents is 1. The van der Waals surface area contributed by atoms with Gasteiger partial charge in [-0.25, -0.2) is 4.39 Å². The first-order chi connectivity index (χ1) is 11.9. The molecule has 0 aromatic heterocycles. The maximum atomic E-state index is 12.9. The number of hydrogen-bond acceptors (Lipinski definition) is 5. The number of nitrogens with zero attached hydrogens (tertiary/aromatic N) is 1. The fourth-order valence-electron chi connectivity index (χ4n) is 1.73. The quantitative estimate of drug-likeness (QED) is 0.622. The first-order valence-electron chi connectivity index (χ1n) is 6.78. The van der Waals surface area contributed by atoms with E-state index in [9.17, 15) is 24.1 Å². The van der Waals surface area contributed by atoms with Gasteiger partial charge in [-0.3, -0.25) is 30.6 Å². The molecule has 0 radical (unpaired) electrons. The second-order valence-corrected chi connectivity index (χ2v) is 5.08. The molecule has 10 heteroatoms. The van der Waals surface area contributed by atoms with Gasteiger partial charge < -0.3 is 4.74 Å². The van der Waals surface area contributed by atoms with Crippen LogP contribution in [0.4, 0.5) is 10.1 Å². The monoisotopic (exact) mass is 367 g/mol. The predicted octanol–water partition coefficient (Wildman–Crippen LogP) is 2.23. The molecule has 0 unspecified atom stereocenters. The van der Waals surface area contributed by atoms with E-state index in [-0.39, 0.29) is 22.0 Å². The Hall–Kier alpha value is -3.20. The molecule has 2 rings (SSSR count). The summed E-state index contributed by atoms with van der Waals surface area (Å²) in [5, 5.41) is 10.7. The highest BCUT2D eigenvalue weighted by molar-refractivity contribution is 6.32. The molecule has 0 spiro atoms. The molecule has 2 aromatic rings. The number of ether oxygens (including phenoxy) is 1. The summed E-state index contributed by atoms with van der Waals surface area (Å²) in [6, 6.07) is 8.39. The van der Waals surface area contributed by atoms with Crippen LogP contribution in [0.1, 0.15) is 10.4 Å². The molecule has 0 saturated carbocycles. The summed E-state index contributed by atoms with van der Waals surface area (Å²) in [6.45, 7) is -0.486. The number of carbonyl (C=O) groups is 2. The van der Waals surface area contributed by atoms with Gasteiger partial charge in [0.15, 0.2) is 6.61 Å². The molecule has 0 aliphatic heterocycles. The van der Waals surface area contributed by atoms with Crippen molar-refractivity contribution in [3.05, 3.63) is 69.0 Å². The van der Waals surface area contributed by atoms with Crippen LogP contribution in [0.15, 0.2) is 42.5 Å². The lowest BCUT2D eigenvalue weighted by Gasteiger charge is -2.09. The lowest BCUT2D eigenvalue weighted by atomic mass is 10.2. The van der Waals surface area contributed by atoms with E-state index in [0.717, 1.165) is 18.2 Å². The zero-order chi connectivity index (χ0) is 18.4. The van der Waals surface area contributed by atoms with Crippen molar-refractivity contribution in [2.45, 2.75) is 0 Å². The van der Waals surface area contributed by atoms with Gasteiger partial charge in [-0.15, -0.1) is 0 Å². The highest BCUT2D eigenvalue weighted by Gasteiger charge is 2.13. The molecular formula is C15H11ClFN3O5. The van der Waals surface area contributed by atoms with E-state index in [0.29, 0.717) is 0 Å². The van der Waals surface area contributed by atoms with Crippen molar-refractivity contribution < 1.29 is 23.6 Å². The highest BCUT2D eigenvalue weighted by atomic mass is 35.5. The van der Waals surface area contributed by atoms with E-state index >= 15 is 0 Å². The number of hydrogen-bond donors (Lipinski definition) is 2. The first-order valence-corrected chi connectivity index (χ1v) is 7.16. The van der Waals surface area contributed by atoms with Gasteiger partial charge in [0, 0.05) is 17.7 Å². The number of nitro benzene ring substituents is 1. The molecule has 2 amide bonds. The van der Waals surface area contributed by atoms with Gasteiger partial charge in [0.2, 0.25) is 0 Å². The number of rotatable bonds is 5. The van der Waals surface area contributed by atoms with Gasteiger partial charge in [0.25, 0.3) is 17.5 Å². The summed E-state index contributed by atoms with van der Waals surface area (Å²) in [5.41, 5.74) is 3.91. The van der Waals surface area contributed by atoms with Crippen LogP contribution in [0.5, 0.6) is 5.75 Å². The van der Waals surface area contributed by atoms with Crippen molar-refractivity contribution in [3.8, 4) is 5.75 Å². The zero-order valence-electron chi connectivity index (χ0n) is 12.5. The average Bonchev–Trinajstić information content (AvgIpc) is 2.59. The van der Waals surface area contributed by atoms with E-state index in [4.69, 9.17) is 16.3 Å². The normalized spacial score (nSPS) is 10.0. The van der Waals surface area contributed by atoms with E-state index in [2.05, 4.69) is 10.9 Å². The summed E-state index contributed by atoms with van der Waals surface area (Å²) in [5.74, 6) is -1.90. The Morgan fingerprint density at radius 1 is 1.20 bits per heavy atom. The molecule has 0 saturated heterocycles. The Kier molecular flexibility index (Phi) is 5.85. The topological polar surface area (TPSA) is 111 Å². The van der Waals surface area contributed by atoms with Crippen LogP contribution in [0.3, 0.4) is 0 Å². The van der Waals surface area contributed by atoms with E-state index in [1.807, 2.05) is 0 Å². The predicted molar refractivity (Wildman–Crippen MR) is 85.6 cm³/mol. The molecule has 0 atom stereocenters. The lowest BCUT2D eigenvalue weighted by molar-refractivity contribution is -0.384. The fraction of sp³-hybridized carbons (Fsp3) is 0.0667. The average molecular weight is 368 g/mol. The second kappa shape index (κ2) is 8.06. The summed E-state index contributed by atoms with van der Waals surface area (Å²) < 4.78 is 18.0. The maximum absolute atomic E-state index is 12.9. The maximum Gasteiger partial charge on any atom is 0.276 e. The van der Waals surface area contributed by atoms with Crippen LogP contribution >= 0.6 is 11.6 Å².